The molecule has 0 aromatic heterocycles. The molecule has 0 heterocycles. The summed E-state index contributed by atoms with van der Waals surface area (Å²) in [5.41, 5.74) is 10.1. The van der Waals surface area contributed by atoms with E-state index in [0.29, 0.717) is 5.92 Å². The van der Waals surface area contributed by atoms with Crippen molar-refractivity contribution in [2.75, 3.05) is 0 Å². The zero-order valence-electron chi connectivity index (χ0n) is 29.8. The van der Waals surface area contributed by atoms with Crippen molar-refractivity contribution in [2.24, 2.45) is 0 Å². The molecule has 1 fully saturated rings. The van der Waals surface area contributed by atoms with Crippen LogP contribution in [0.2, 0.25) is 0 Å². The Kier molecular flexibility index (Phi) is 9.40. The summed E-state index contributed by atoms with van der Waals surface area (Å²) < 4.78 is 0. The third-order valence-corrected chi connectivity index (χ3v) is 11.8. The van der Waals surface area contributed by atoms with Crippen LogP contribution in [0, 0.1) is 0 Å². The molecule has 1 aliphatic carbocycles. The molecule has 248 valence electrons. The Hall–Kier alpha value is -4.16. The van der Waals surface area contributed by atoms with Gasteiger partial charge in [0.2, 0.25) is 0 Å². The quantitative estimate of drug-likeness (QED) is 0.0708. The fourth-order valence-electron chi connectivity index (χ4n) is 9.15. The fourth-order valence-corrected chi connectivity index (χ4v) is 9.15. The number of hydrogen-bond donors (Lipinski definition) is 0. The lowest BCUT2D eigenvalue weighted by molar-refractivity contribution is 0.444. The van der Waals surface area contributed by atoms with E-state index in [1.165, 1.54) is 166 Å². The van der Waals surface area contributed by atoms with E-state index < -0.39 is 0 Å². The number of fused-ring (bicyclic) bond motifs is 2. The maximum absolute atomic E-state index is 2.58. The minimum atomic E-state index is 0.669. The molecule has 1 aliphatic rings. The predicted octanol–water partition coefficient (Wildman–Crippen LogP) is 15.0. The SMILES string of the molecule is CCCCCCc1ccc(C2CCCCC2)c(-c2ccc3c4ccc(-c5ccc(CCCCC)cc5)c5cccc(c6cccc2c63)c54)c1. The molecule has 0 amide bonds. The molecule has 0 spiro atoms. The molecule has 0 unspecified atom stereocenters. The van der Waals surface area contributed by atoms with E-state index in [9.17, 15) is 0 Å². The van der Waals surface area contributed by atoms with Crippen molar-refractivity contribution in [1.29, 1.82) is 0 Å². The minimum absolute atomic E-state index is 0.669. The van der Waals surface area contributed by atoms with Crippen LogP contribution in [0.1, 0.15) is 114 Å². The van der Waals surface area contributed by atoms with Gasteiger partial charge in [0.1, 0.15) is 0 Å². The molecule has 0 radical (unpaired) electrons. The first kappa shape index (κ1) is 32.1. The van der Waals surface area contributed by atoms with Gasteiger partial charge in [-0.05, 0) is 126 Å². The molecule has 1 saturated carbocycles. The van der Waals surface area contributed by atoms with Crippen LogP contribution >= 0.6 is 0 Å². The number of benzene rings is 7. The molecule has 0 aliphatic heterocycles. The largest absolute Gasteiger partial charge is 0.0654 e. The van der Waals surface area contributed by atoms with Crippen molar-refractivity contribution in [2.45, 2.75) is 110 Å². The van der Waals surface area contributed by atoms with E-state index in [1.807, 2.05) is 0 Å². The van der Waals surface area contributed by atoms with E-state index in [1.54, 1.807) is 5.56 Å². The minimum Gasteiger partial charge on any atom is -0.0654 e. The smallest absolute Gasteiger partial charge is 0.00201 e. The lowest BCUT2D eigenvalue weighted by atomic mass is 9.79. The Balaban J connectivity index is 1.27. The molecular weight excluding hydrogens is 589 g/mol. The Morgan fingerprint density at radius 2 is 1.00 bits per heavy atom. The summed E-state index contributed by atoms with van der Waals surface area (Å²) in [5.74, 6) is 0.669. The molecule has 7 aromatic carbocycles. The monoisotopic (exact) mass is 640 g/mol. The maximum Gasteiger partial charge on any atom is -0.00201 e. The average molecular weight is 641 g/mol. The van der Waals surface area contributed by atoms with E-state index in [4.69, 9.17) is 0 Å². The molecule has 0 heteroatoms. The van der Waals surface area contributed by atoms with E-state index in [-0.39, 0.29) is 0 Å². The second-order valence-corrected chi connectivity index (χ2v) is 15.0. The lowest BCUT2D eigenvalue weighted by Gasteiger charge is -2.26. The summed E-state index contributed by atoms with van der Waals surface area (Å²) in [4.78, 5) is 0. The Bertz CT molecular complexity index is 2170. The molecule has 7 aromatic rings. The molecule has 0 atom stereocenters. The van der Waals surface area contributed by atoms with E-state index >= 15 is 0 Å². The number of rotatable bonds is 12. The van der Waals surface area contributed by atoms with Crippen LogP contribution in [0.25, 0.3) is 65.3 Å². The van der Waals surface area contributed by atoms with Crippen LogP contribution in [0.15, 0.2) is 103 Å². The summed E-state index contributed by atoms with van der Waals surface area (Å²) >= 11 is 0. The second-order valence-electron chi connectivity index (χ2n) is 15.0. The van der Waals surface area contributed by atoms with Gasteiger partial charge in [0.15, 0.2) is 0 Å². The first-order chi connectivity index (χ1) is 24.2. The first-order valence-electron chi connectivity index (χ1n) is 19.6. The van der Waals surface area contributed by atoms with Crippen molar-refractivity contribution in [1.82, 2.24) is 0 Å². The summed E-state index contributed by atoms with van der Waals surface area (Å²) in [7, 11) is 0. The maximum atomic E-state index is 2.58. The summed E-state index contributed by atoms with van der Waals surface area (Å²) in [6.45, 7) is 4.59. The summed E-state index contributed by atoms with van der Waals surface area (Å²) in [5, 5.41) is 11.1. The van der Waals surface area contributed by atoms with Crippen LogP contribution in [-0.4, -0.2) is 0 Å². The molecule has 0 saturated heterocycles. The van der Waals surface area contributed by atoms with Crippen LogP contribution in [0.3, 0.4) is 0 Å². The zero-order valence-corrected chi connectivity index (χ0v) is 29.8. The average Bonchev–Trinajstić information content (AvgIpc) is 3.16. The van der Waals surface area contributed by atoms with Crippen LogP contribution in [-0.2, 0) is 12.8 Å². The van der Waals surface area contributed by atoms with E-state index in [0.717, 1.165) is 0 Å². The van der Waals surface area contributed by atoms with Gasteiger partial charge in [-0.25, -0.2) is 0 Å². The highest BCUT2D eigenvalue weighted by Gasteiger charge is 2.22. The van der Waals surface area contributed by atoms with Crippen LogP contribution in [0.5, 0.6) is 0 Å². The highest BCUT2D eigenvalue weighted by molar-refractivity contribution is 6.35. The van der Waals surface area contributed by atoms with Crippen molar-refractivity contribution >= 4 is 43.1 Å². The number of aryl methyl sites for hydroxylation is 2. The Morgan fingerprint density at radius 1 is 0.449 bits per heavy atom. The van der Waals surface area contributed by atoms with Crippen molar-refractivity contribution < 1.29 is 0 Å². The van der Waals surface area contributed by atoms with Crippen LogP contribution < -0.4 is 0 Å². The van der Waals surface area contributed by atoms with Crippen molar-refractivity contribution in [3.8, 4) is 22.3 Å². The van der Waals surface area contributed by atoms with Crippen LogP contribution in [0.4, 0.5) is 0 Å². The van der Waals surface area contributed by atoms with Gasteiger partial charge in [0, 0.05) is 0 Å². The van der Waals surface area contributed by atoms with E-state index in [2.05, 4.69) is 117 Å². The standard InChI is InChI=1S/C49H52/c1-3-5-7-10-16-35-25-28-39(36-17-11-8-12-18-36)47(33-35)40-30-32-46-45-31-29-38(37-26-23-34(24-27-37)15-9-6-4-2)41-19-13-21-43(48(41)45)44-22-14-20-42(40)49(44)46/h13-14,19-33,36H,3-12,15-18H2,1-2H3. The number of hydrogen-bond acceptors (Lipinski definition) is 0. The normalized spacial score (nSPS) is 14.2. The molecular formula is C49H52. The third kappa shape index (κ3) is 6.14. The Labute approximate surface area is 293 Å². The van der Waals surface area contributed by atoms with Gasteiger partial charge in [-0.3, -0.25) is 0 Å². The fraction of sp³-hybridized carbons (Fsp3) is 0.347. The second kappa shape index (κ2) is 14.4. The van der Waals surface area contributed by atoms with Gasteiger partial charge in [0.25, 0.3) is 0 Å². The van der Waals surface area contributed by atoms with Gasteiger partial charge in [-0.15, -0.1) is 0 Å². The summed E-state index contributed by atoms with van der Waals surface area (Å²) in [6.07, 6.45) is 18.2. The lowest BCUT2D eigenvalue weighted by Crippen LogP contribution is -2.07. The molecule has 8 rings (SSSR count). The summed E-state index contributed by atoms with van der Waals surface area (Å²) in [6, 6.07) is 40.7. The van der Waals surface area contributed by atoms with Crippen molar-refractivity contribution in [3.63, 3.8) is 0 Å². The van der Waals surface area contributed by atoms with Gasteiger partial charge in [-0.1, -0.05) is 168 Å². The topological polar surface area (TPSA) is 0 Å². The molecule has 49 heavy (non-hydrogen) atoms. The van der Waals surface area contributed by atoms with Gasteiger partial charge >= 0.3 is 0 Å². The zero-order chi connectivity index (χ0) is 33.2. The number of unbranched alkanes of at least 4 members (excludes halogenated alkanes) is 5. The third-order valence-electron chi connectivity index (χ3n) is 11.8. The molecule has 0 bridgehead atoms. The van der Waals surface area contributed by atoms with Gasteiger partial charge in [0.05, 0.1) is 0 Å². The predicted molar refractivity (Wildman–Crippen MR) is 215 cm³/mol. The molecule has 0 N–H and O–H groups in total. The van der Waals surface area contributed by atoms with Gasteiger partial charge in [-0.2, -0.15) is 0 Å². The highest BCUT2D eigenvalue weighted by Crippen LogP contribution is 2.47. The Morgan fingerprint density at radius 3 is 1.69 bits per heavy atom. The first-order valence-corrected chi connectivity index (χ1v) is 19.6. The highest BCUT2D eigenvalue weighted by atomic mass is 14.3. The van der Waals surface area contributed by atoms with Crippen molar-refractivity contribution in [3.05, 3.63) is 120 Å². The molecule has 0 nitrogen and oxygen atoms in total. The van der Waals surface area contributed by atoms with Gasteiger partial charge < -0.3 is 0 Å².